The van der Waals surface area contributed by atoms with Gasteiger partial charge in [0.05, 0.1) is 3.79 Å². The average molecular weight is 333 g/mol. The maximum Gasteiger partial charge on any atom is 0.0701 e. The van der Waals surface area contributed by atoms with E-state index in [0.717, 1.165) is 26.2 Å². The largest absolute Gasteiger partial charge is 0.315 e. The van der Waals surface area contributed by atoms with Gasteiger partial charge >= 0.3 is 0 Å². The fourth-order valence-corrected chi connectivity index (χ4v) is 2.88. The normalized spacial score (nSPS) is 12.3. The summed E-state index contributed by atoms with van der Waals surface area (Å²) in [7, 11) is 2.18. The lowest BCUT2D eigenvalue weighted by atomic mass is 9.92. The Labute approximate surface area is 124 Å². The smallest absolute Gasteiger partial charge is 0.0701 e. The van der Waals surface area contributed by atoms with Gasteiger partial charge in [-0.15, -0.1) is 11.3 Å². The number of hydrogen-bond acceptors (Lipinski definition) is 3. The highest BCUT2D eigenvalue weighted by atomic mass is 79.9. The topological polar surface area (TPSA) is 15.3 Å². The Bertz CT molecular complexity index is 344. The van der Waals surface area contributed by atoms with Crippen molar-refractivity contribution in [3.8, 4) is 0 Å². The first-order chi connectivity index (χ1) is 8.37. The van der Waals surface area contributed by atoms with E-state index in [1.807, 2.05) is 0 Å². The third-order valence-electron chi connectivity index (χ3n) is 2.80. The predicted octanol–water partition coefficient (Wildman–Crippen LogP) is 3.97. The zero-order chi connectivity index (χ0) is 13.6. The lowest BCUT2D eigenvalue weighted by molar-refractivity contribution is 0.314. The molecular formula is C14H25BrN2S. The first kappa shape index (κ1) is 16.2. The summed E-state index contributed by atoms with van der Waals surface area (Å²) in [5.41, 5.74) is 1.83. The molecule has 0 bridgehead atoms. The molecular weight excluding hydrogens is 308 g/mol. The lowest BCUT2D eigenvalue weighted by Crippen LogP contribution is -2.30. The van der Waals surface area contributed by atoms with Crippen molar-refractivity contribution in [2.75, 3.05) is 26.7 Å². The Balaban J connectivity index is 2.09. The minimum atomic E-state index is 0.432. The number of likely N-dealkylation sites (N-methyl/N-ethyl adjacent to an activating group) is 1. The van der Waals surface area contributed by atoms with E-state index in [1.165, 1.54) is 15.8 Å². The third-order valence-corrected chi connectivity index (χ3v) is 4.35. The van der Waals surface area contributed by atoms with E-state index in [1.54, 1.807) is 11.3 Å². The second-order valence-electron chi connectivity index (χ2n) is 6.06. The summed E-state index contributed by atoms with van der Waals surface area (Å²) in [5, 5.41) is 5.73. The van der Waals surface area contributed by atoms with E-state index < -0.39 is 0 Å². The molecule has 0 atom stereocenters. The van der Waals surface area contributed by atoms with Crippen LogP contribution in [0, 0.1) is 5.41 Å². The van der Waals surface area contributed by atoms with Crippen LogP contribution in [-0.4, -0.2) is 31.6 Å². The van der Waals surface area contributed by atoms with E-state index >= 15 is 0 Å². The van der Waals surface area contributed by atoms with Crippen LogP contribution in [0.1, 0.15) is 32.8 Å². The summed E-state index contributed by atoms with van der Waals surface area (Å²) in [6.07, 6.45) is 1.23. The van der Waals surface area contributed by atoms with Gasteiger partial charge in [0.1, 0.15) is 0 Å². The second kappa shape index (κ2) is 7.63. The number of nitrogens with one attached hydrogen (secondary N) is 1. The Kier molecular flexibility index (Phi) is 6.85. The van der Waals surface area contributed by atoms with Crippen LogP contribution in [0.5, 0.6) is 0 Å². The van der Waals surface area contributed by atoms with Gasteiger partial charge in [-0.3, -0.25) is 0 Å². The van der Waals surface area contributed by atoms with Crippen molar-refractivity contribution in [1.82, 2.24) is 10.2 Å². The molecule has 1 rings (SSSR count). The van der Waals surface area contributed by atoms with Crippen molar-refractivity contribution in [3.63, 3.8) is 0 Å². The number of halogens is 1. The van der Waals surface area contributed by atoms with Crippen LogP contribution in [0.4, 0.5) is 0 Å². The zero-order valence-corrected chi connectivity index (χ0v) is 14.3. The van der Waals surface area contributed by atoms with Crippen LogP contribution >= 0.6 is 27.3 Å². The van der Waals surface area contributed by atoms with Gasteiger partial charge in [-0.25, -0.2) is 0 Å². The molecule has 0 amide bonds. The van der Waals surface area contributed by atoms with Crippen LogP contribution < -0.4 is 5.32 Å². The SMILES string of the molecule is CN(CCNCCC(C)(C)C)Cc1csc(Br)c1. The van der Waals surface area contributed by atoms with E-state index in [0.29, 0.717) is 5.41 Å². The standard InChI is InChI=1S/C14H25BrN2S/c1-14(2,3)5-6-16-7-8-17(4)10-12-9-13(15)18-11-12/h9,11,16H,5-8,10H2,1-4H3. The fourth-order valence-electron chi connectivity index (χ4n) is 1.68. The monoisotopic (exact) mass is 332 g/mol. The third kappa shape index (κ3) is 7.52. The van der Waals surface area contributed by atoms with E-state index in [2.05, 4.69) is 65.4 Å². The van der Waals surface area contributed by atoms with Gasteiger partial charge < -0.3 is 10.2 Å². The minimum Gasteiger partial charge on any atom is -0.315 e. The highest BCUT2D eigenvalue weighted by Gasteiger charge is 2.08. The maximum absolute atomic E-state index is 3.52. The van der Waals surface area contributed by atoms with Gasteiger partial charge in [0.2, 0.25) is 0 Å². The van der Waals surface area contributed by atoms with Crippen LogP contribution in [0.3, 0.4) is 0 Å². The molecule has 0 unspecified atom stereocenters. The molecule has 1 heterocycles. The van der Waals surface area contributed by atoms with E-state index in [4.69, 9.17) is 0 Å². The predicted molar refractivity (Wildman–Crippen MR) is 85.3 cm³/mol. The summed E-state index contributed by atoms with van der Waals surface area (Å²) in [6, 6.07) is 2.20. The van der Waals surface area contributed by atoms with Gasteiger partial charge in [-0.1, -0.05) is 20.8 Å². The Morgan fingerprint density at radius 2 is 2.06 bits per heavy atom. The summed E-state index contributed by atoms with van der Waals surface area (Å²) >= 11 is 5.26. The highest BCUT2D eigenvalue weighted by molar-refractivity contribution is 9.11. The number of nitrogens with zero attached hydrogens (tertiary/aromatic N) is 1. The van der Waals surface area contributed by atoms with Crippen molar-refractivity contribution < 1.29 is 0 Å². The molecule has 0 aromatic carbocycles. The summed E-state index contributed by atoms with van der Waals surface area (Å²) in [4.78, 5) is 2.36. The Morgan fingerprint density at radius 3 is 2.61 bits per heavy atom. The zero-order valence-electron chi connectivity index (χ0n) is 11.9. The van der Waals surface area contributed by atoms with Gasteiger partial charge in [-0.05, 0) is 58.4 Å². The molecule has 1 aromatic heterocycles. The van der Waals surface area contributed by atoms with E-state index in [9.17, 15) is 0 Å². The highest BCUT2D eigenvalue weighted by Crippen LogP contribution is 2.21. The molecule has 0 saturated heterocycles. The number of hydrogen-bond donors (Lipinski definition) is 1. The van der Waals surface area contributed by atoms with Crippen molar-refractivity contribution in [3.05, 3.63) is 20.8 Å². The molecule has 0 spiro atoms. The van der Waals surface area contributed by atoms with Gasteiger partial charge in [0, 0.05) is 19.6 Å². The van der Waals surface area contributed by atoms with Crippen molar-refractivity contribution in [1.29, 1.82) is 0 Å². The first-order valence-corrected chi connectivity index (χ1v) is 8.16. The fraction of sp³-hybridized carbons (Fsp3) is 0.714. The molecule has 0 radical (unpaired) electrons. The van der Waals surface area contributed by atoms with Crippen molar-refractivity contribution >= 4 is 27.3 Å². The molecule has 0 fully saturated rings. The van der Waals surface area contributed by atoms with E-state index in [-0.39, 0.29) is 0 Å². The molecule has 104 valence electrons. The molecule has 1 N–H and O–H groups in total. The number of thiophene rings is 1. The molecule has 0 aliphatic carbocycles. The summed E-state index contributed by atoms with van der Waals surface area (Å²) in [5.74, 6) is 0. The van der Waals surface area contributed by atoms with Crippen LogP contribution in [-0.2, 0) is 6.54 Å². The summed E-state index contributed by atoms with van der Waals surface area (Å²) in [6.45, 7) is 11.2. The molecule has 2 nitrogen and oxygen atoms in total. The molecule has 0 saturated carbocycles. The lowest BCUT2D eigenvalue weighted by Gasteiger charge is -2.19. The first-order valence-electron chi connectivity index (χ1n) is 6.49. The Hall–Kier alpha value is 0.100. The van der Waals surface area contributed by atoms with Crippen molar-refractivity contribution in [2.45, 2.75) is 33.7 Å². The van der Waals surface area contributed by atoms with Crippen LogP contribution in [0.25, 0.3) is 0 Å². The van der Waals surface area contributed by atoms with Gasteiger partial charge in [-0.2, -0.15) is 0 Å². The van der Waals surface area contributed by atoms with Crippen LogP contribution in [0.2, 0.25) is 0 Å². The second-order valence-corrected chi connectivity index (χ2v) is 8.35. The van der Waals surface area contributed by atoms with Gasteiger partial charge in [0.25, 0.3) is 0 Å². The summed E-state index contributed by atoms with van der Waals surface area (Å²) < 4.78 is 1.22. The number of rotatable bonds is 7. The quantitative estimate of drug-likeness (QED) is 0.760. The molecule has 18 heavy (non-hydrogen) atoms. The average Bonchev–Trinajstić information content (AvgIpc) is 2.61. The minimum absolute atomic E-state index is 0.432. The molecule has 0 aliphatic rings. The van der Waals surface area contributed by atoms with Crippen LogP contribution in [0.15, 0.2) is 15.2 Å². The molecule has 1 aromatic rings. The van der Waals surface area contributed by atoms with Crippen molar-refractivity contribution in [2.24, 2.45) is 5.41 Å². The molecule has 0 aliphatic heterocycles. The molecule has 4 heteroatoms. The Morgan fingerprint density at radius 1 is 1.33 bits per heavy atom. The van der Waals surface area contributed by atoms with Gasteiger partial charge in [0.15, 0.2) is 0 Å². The maximum atomic E-state index is 3.52.